The van der Waals surface area contributed by atoms with Crippen LogP contribution >= 0.6 is 27.5 Å². The third-order valence-corrected chi connectivity index (χ3v) is 4.32. The fourth-order valence-electron chi connectivity index (χ4n) is 2.15. The van der Waals surface area contributed by atoms with Gasteiger partial charge < -0.3 is 4.57 Å². The second-order valence-corrected chi connectivity index (χ2v) is 5.89. The predicted octanol–water partition coefficient (Wildman–Crippen LogP) is 4.69. The highest BCUT2D eigenvalue weighted by atomic mass is 79.9. The molecule has 2 aromatic heterocycles. The number of aromatic nitrogens is 3. The van der Waals surface area contributed by atoms with Gasteiger partial charge in [-0.05, 0) is 43.1 Å². The van der Waals surface area contributed by atoms with E-state index in [-0.39, 0.29) is 6.04 Å². The first kappa shape index (κ1) is 13.8. The molecule has 98 valence electrons. The molecule has 0 amide bonds. The second kappa shape index (κ2) is 5.17. The number of hydrogen-bond donors (Lipinski definition) is 0. The molecule has 0 aliphatic rings. The maximum absolute atomic E-state index is 6.38. The zero-order valence-corrected chi connectivity index (χ0v) is 13.4. The van der Waals surface area contributed by atoms with E-state index in [2.05, 4.69) is 51.2 Å². The van der Waals surface area contributed by atoms with E-state index in [4.69, 9.17) is 11.6 Å². The van der Waals surface area contributed by atoms with Gasteiger partial charge in [-0.2, -0.15) is 0 Å². The third kappa shape index (κ3) is 2.16. The van der Waals surface area contributed by atoms with Crippen LogP contribution in [0.3, 0.4) is 0 Å². The highest BCUT2D eigenvalue weighted by molar-refractivity contribution is 9.10. The summed E-state index contributed by atoms with van der Waals surface area (Å²) in [5.74, 6) is 0.895. The summed E-state index contributed by atoms with van der Waals surface area (Å²) >= 11 is 9.93. The van der Waals surface area contributed by atoms with Crippen LogP contribution in [-0.2, 0) is 6.42 Å². The molecule has 0 saturated carbocycles. The van der Waals surface area contributed by atoms with Crippen LogP contribution in [0.4, 0.5) is 0 Å². The molecular formula is C13H17BrClN3. The minimum absolute atomic E-state index is 0.273. The molecule has 0 N–H and O–H groups in total. The Balaban J connectivity index is 2.80. The number of nitrogens with zero attached hydrogens (tertiary/aromatic N) is 3. The molecule has 5 heteroatoms. The minimum atomic E-state index is 0.273. The van der Waals surface area contributed by atoms with E-state index < -0.39 is 0 Å². The van der Waals surface area contributed by atoms with Gasteiger partial charge in [0, 0.05) is 12.5 Å². The lowest BCUT2D eigenvalue weighted by molar-refractivity contribution is 0.616. The van der Waals surface area contributed by atoms with Gasteiger partial charge in [-0.15, -0.1) is 0 Å². The second-order valence-electron chi connectivity index (χ2n) is 4.74. The molecule has 2 rings (SSSR count). The number of hydrogen-bond acceptors (Lipinski definition) is 2. The summed E-state index contributed by atoms with van der Waals surface area (Å²) in [7, 11) is 0. The van der Waals surface area contributed by atoms with E-state index >= 15 is 0 Å². The largest absolute Gasteiger partial charge is 0.313 e. The molecule has 3 nitrogen and oxygen atoms in total. The lowest BCUT2D eigenvalue weighted by atomic mass is 10.2. The molecule has 0 aromatic carbocycles. The highest BCUT2D eigenvalue weighted by Crippen LogP contribution is 2.37. The van der Waals surface area contributed by atoms with Crippen LogP contribution in [0.2, 0.25) is 5.15 Å². The lowest BCUT2D eigenvalue weighted by Gasteiger charge is -2.11. The SMILES string of the molecule is CCCc1nc(C)c2c(Br)c(Cl)n(C(C)C)c2n1. The van der Waals surface area contributed by atoms with Crippen molar-refractivity contribution in [1.29, 1.82) is 0 Å². The Hall–Kier alpha value is -0.610. The molecule has 0 aliphatic carbocycles. The molecule has 0 atom stereocenters. The molecule has 0 unspecified atom stereocenters. The lowest BCUT2D eigenvalue weighted by Crippen LogP contribution is -2.04. The Morgan fingerprint density at radius 2 is 2.00 bits per heavy atom. The Bertz CT molecular complexity index is 590. The summed E-state index contributed by atoms with van der Waals surface area (Å²) in [4.78, 5) is 9.22. The summed E-state index contributed by atoms with van der Waals surface area (Å²) in [6, 6.07) is 0.273. The van der Waals surface area contributed by atoms with Crippen molar-refractivity contribution in [3.63, 3.8) is 0 Å². The maximum atomic E-state index is 6.38. The van der Waals surface area contributed by atoms with Crippen molar-refractivity contribution in [3.05, 3.63) is 21.1 Å². The number of aryl methyl sites for hydroxylation is 2. The summed E-state index contributed by atoms with van der Waals surface area (Å²) in [6.45, 7) is 8.35. The van der Waals surface area contributed by atoms with Gasteiger partial charge in [0.1, 0.15) is 16.6 Å². The van der Waals surface area contributed by atoms with E-state index in [0.29, 0.717) is 5.15 Å². The predicted molar refractivity (Wildman–Crippen MR) is 79.4 cm³/mol. The summed E-state index contributed by atoms with van der Waals surface area (Å²) < 4.78 is 2.95. The van der Waals surface area contributed by atoms with Gasteiger partial charge in [0.15, 0.2) is 0 Å². The average molecular weight is 331 g/mol. The molecular weight excluding hydrogens is 314 g/mol. The van der Waals surface area contributed by atoms with Crippen molar-refractivity contribution < 1.29 is 0 Å². The van der Waals surface area contributed by atoms with E-state index in [1.165, 1.54) is 0 Å². The van der Waals surface area contributed by atoms with Gasteiger partial charge in [0.05, 0.1) is 15.6 Å². The van der Waals surface area contributed by atoms with Gasteiger partial charge in [-0.3, -0.25) is 0 Å². The van der Waals surface area contributed by atoms with Gasteiger partial charge >= 0.3 is 0 Å². The van der Waals surface area contributed by atoms with E-state index in [1.54, 1.807) is 0 Å². The summed E-state index contributed by atoms with van der Waals surface area (Å²) in [5, 5.41) is 1.72. The molecule has 0 saturated heterocycles. The number of fused-ring (bicyclic) bond motifs is 1. The van der Waals surface area contributed by atoms with E-state index in [0.717, 1.165) is 39.9 Å². The van der Waals surface area contributed by atoms with Crippen LogP contribution in [0.1, 0.15) is 44.8 Å². The van der Waals surface area contributed by atoms with E-state index in [9.17, 15) is 0 Å². The van der Waals surface area contributed by atoms with Crippen molar-refractivity contribution in [2.75, 3.05) is 0 Å². The maximum Gasteiger partial charge on any atom is 0.146 e. The third-order valence-electron chi connectivity index (χ3n) is 2.95. The molecule has 2 heterocycles. The summed E-state index contributed by atoms with van der Waals surface area (Å²) in [6.07, 6.45) is 1.94. The van der Waals surface area contributed by atoms with Gasteiger partial charge in [-0.1, -0.05) is 18.5 Å². The minimum Gasteiger partial charge on any atom is -0.313 e. The van der Waals surface area contributed by atoms with Gasteiger partial charge in [-0.25, -0.2) is 9.97 Å². The van der Waals surface area contributed by atoms with Gasteiger partial charge in [0.25, 0.3) is 0 Å². The van der Waals surface area contributed by atoms with Crippen molar-refractivity contribution >= 4 is 38.6 Å². The number of rotatable bonds is 3. The Kier molecular flexibility index (Phi) is 3.97. The first-order valence-electron chi connectivity index (χ1n) is 6.19. The van der Waals surface area contributed by atoms with Crippen LogP contribution in [0, 0.1) is 6.92 Å². The Morgan fingerprint density at radius 3 is 2.56 bits per heavy atom. The normalized spacial score (nSPS) is 11.7. The van der Waals surface area contributed by atoms with E-state index in [1.807, 2.05) is 6.92 Å². The highest BCUT2D eigenvalue weighted by Gasteiger charge is 2.20. The Labute approximate surface area is 121 Å². The molecule has 0 spiro atoms. The number of halogens is 2. The zero-order chi connectivity index (χ0) is 13.4. The van der Waals surface area contributed by atoms with Crippen LogP contribution in [0.15, 0.2) is 4.47 Å². The Morgan fingerprint density at radius 1 is 1.33 bits per heavy atom. The molecule has 0 radical (unpaired) electrons. The van der Waals surface area contributed by atoms with Crippen LogP contribution < -0.4 is 0 Å². The molecule has 18 heavy (non-hydrogen) atoms. The quantitative estimate of drug-likeness (QED) is 0.817. The van der Waals surface area contributed by atoms with Crippen molar-refractivity contribution in [2.24, 2.45) is 0 Å². The fourth-order valence-corrected chi connectivity index (χ4v) is 3.18. The molecule has 0 fully saturated rings. The van der Waals surface area contributed by atoms with Crippen LogP contribution in [-0.4, -0.2) is 14.5 Å². The van der Waals surface area contributed by atoms with Crippen LogP contribution in [0.5, 0.6) is 0 Å². The molecule has 0 bridgehead atoms. The van der Waals surface area contributed by atoms with Crippen LogP contribution in [0.25, 0.3) is 11.0 Å². The monoisotopic (exact) mass is 329 g/mol. The first-order chi connectivity index (χ1) is 8.47. The van der Waals surface area contributed by atoms with Crippen molar-refractivity contribution in [2.45, 2.75) is 46.6 Å². The zero-order valence-electron chi connectivity index (χ0n) is 11.1. The van der Waals surface area contributed by atoms with Crippen molar-refractivity contribution in [1.82, 2.24) is 14.5 Å². The molecule has 0 aliphatic heterocycles. The first-order valence-corrected chi connectivity index (χ1v) is 7.36. The van der Waals surface area contributed by atoms with Gasteiger partial charge in [0.2, 0.25) is 0 Å². The average Bonchev–Trinajstić information content (AvgIpc) is 2.52. The summed E-state index contributed by atoms with van der Waals surface area (Å²) in [5.41, 5.74) is 1.91. The molecule has 2 aromatic rings. The topological polar surface area (TPSA) is 30.7 Å². The standard InChI is InChI=1S/C13H17BrClN3/c1-5-6-9-16-8(4)10-11(14)12(15)18(7(2)3)13(10)17-9/h7H,5-6H2,1-4H3. The van der Waals surface area contributed by atoms with Crippen molar-refractivity contribution in [3.8, 4) is 0 Å². The smallest absolute Gasteiger partial charge is 0.146 e. The fraction of sp³-hybridized carbons (Fsp3) is 0.538.